The second kappa shape index (κ2) is 6.69. The first-order chi connectivity index (χ1) is 9.91. The lowest BCUT2D eigenvalue weighted by atomic mass is 10.1. The summed E-state index contributed by atoms with van der Waals surface area (Å²) in [6.45, 7) is 6.82. The van der Waals surface area contributed by atoms with Crippen LogP contribution in [0.5, 0.6) is 0 Å². The zero-order valence-electron chi connectivity index (χ0n) is 12.7. The smallest absolute Gasteiger partial charge is 0.246 e. The fraction of sp³-hybridized carbons (Fsp3) is 0.714. The molecule has 21 heavy (non-hydrogen) atoms. The van der Waals surface area contributed by atoms with E-state index in [1.54, 1.807) is 13.8 Å². The predicted molar refractivity (Wildman–Crippen MR) is 81.1 cm³/mol. The van der Waals surface area contributed by atoms with Gasteiger partial charge in [-0.2, -0.15) is 4.31 Å². The molecule has 1 unspecified atom stereocenters. The van der Waals surface area contributed by atoms with Crippen LogP contribution >= 0.6 is 11.6 Å². The molecule has 1 aromatic heterocycles. The van der Waals surface area contributed by atoms with Gasteiger partial charge in [0.15, 0.2) is 0 Å². The summed E-state index contributed by atoms with van der Waals surface area (Å²) in [6, 6.07) is 0. The monoisotopic (exact) mass is 335 g/mol. The molecule has 1 aromatic rings. The van der Waals surface area contributed by atoms with E-state index in [-0.39, 0.29) is 16.9 Å². The predicted octanol–water partition coefficient (Wildman–Crippen LogP) is 2.82. The maximum atomic E-state index is 12.9. The molecule has 1 fully saturated rings. The van der Waals surface area contributed by atoms with E-state index in [4.69, 9.17) is 20.8 Å². The summed E-state index contributed by atoms with van der Waals surface area (Å²) < 4.78 is 38.3. The van der Waals surface area contributed by atoms with Gasteiger partial charge in [0.1, 0.15) is 16.4 Å². The number of furan rings is 1. The molecule has 2 rings (SSSR count). The lowest BCUT2D eigenvalue weighted by Crippen LogP contribution is -2.43. The van der Waals surface area contributed by atoms with E-state index in [2.05, 4.69) is 0 Å². The number of alkyl halides is 1. The van der Waals surface area contributed by atoms with Gasteiger partial charge in [0.25, 0.3) is 0 Å². The zero-order chi connectivity index (χ0) is 15.6. The number of piperidine rings is 1. The molecule has 0 saturated carbocycles. The van der Waals surface area contributed by atoms with Gasteiger partial charge in [-0.15, -0.1) is 11.6 Å². The van der Waals surface area contributed by atoms with Crippen LogP contribution in [0.4, 0.5) is 0 Å². The van der Waals surface area contributed by atoms with Crippen molar-refractivity contribution in [3.8, 4) is 0 Å². The average Bonchev–Trinajstić information content (AvgIpc) is 2.74. The van der Waals surface area contributed by atoms with Gasteiger partial charge in [0.05, 0.1) is 12.0 Å². The summed E-state index contributed by atoms with van der Waals surface area (Å²) in [7, 11) is -3.59. The van der Waals surface area contributed by atoms with E-state index >= 15 is 0 Å². The van der Waals surface area contributed by atoms with Crippen LogP contribution in [0.3, 0.4) is 0 Å². The van der Waals surface area contributed by atoms with Gasteiger partial charge < -0.3 is 9.15 Å². The van der Waals surface area contributed by atoms with Gasteiger partial charge in [-0.25, -0.2) is 8.42 Å². The molecule has 0 amide bonds. The third-order valence-corrected chi connectivity index (χ3v) is 6.13. The van der Waals surface area contributed by atoms with Crippen molar-refractivity contribution in [3.63, 3.8) is 0 Å². The topological polar surface area (TPSA) is 59.8 Å². The first kappa shape index (κ1) is 16.8. The average molecular weight is 336 g/mol. The van der Waals surface area contributed by atoms with E-state index < -0.39 is 10.0 Å². The van der Waals surface area contributed by atoms with Crippen LogP contribution in [0.1, 0.15) is 36.8 Å². The van der Waals surface area contributed by atoms with E-state index in [0.717, 1.165) is 12.8 Å². The Morgan fingerprint density at radius 1 is 1.38 bits per heavy atom. The molecule has 1 aliphatic heterocycles. The number of nitrogens with zero attached hydrogens (tertiary/aromatic N) is 1. The molecule has 0 spiro atoms. The molecule has 1 saturated heterocycles. The summed E-state index contributed by atoms with van der Waals surface area (Å²) >= 11 is 5.91. The number of hydrogen-bond acceptors (Lipinski definition) is 4. The lowest BCUT2D eigenvalue weighted by Gasteiger charge is -2.31. The van der Waals surface area contributed by atoms with Crippen LogP contribution in [-0.4, -0.2) is 38.5 Å². The van der Waals surface area contributed by atoms with Crippen molar-refractivity contribution in [1.29, 1.82) is 0 Å². The molecule has 0 aliphatic carbocycles. The fourth-order valence-electron chi connectivity index (χ4n) is 2.83. The molecule has 1 aliphatic rings. The molecule has 0 N–H and O–H groups in total. The van der Waals surface area contributed by atoms with Gasteiger partial charge in [-0.1, -0.05) is 0 Å². The molecule has 7 heteroatoms. The van der Waals surface area contributed by atoms with Crippen LogP contribution in [0.15, 0.2) is 9.31 Å². The van der Waals surface area contributed by atoms with Crippen molar-refractivity contribution in [2.45, 2.75) is 50.5 Å². The normalized spacial score (nSPS) is 20.9. The highest BCUT2D eigenvalue weighted by atomic mass is 35.5. The minimum absolute atomic E-state index is 0.0359. The van der Waals surface area contributed by atoms with Crippen LogP contribution in [-0.2, 0) is 20.6 Å². The Balaban J connectivity index is 2.34. The molecule has 2 heterocycles. The number of hydrogen-bond donors (Lipinski definition) is 0. The molecule has 5 nitrogen and oxygen atoms in total. The Kier molecular flexibility index (Phi) is 5.35. The van der Waals surface area contributed by atoms with Crippen molar-refractivity contribution in [1.82, 2.24) is 4.31 Å². The Hall–Kier alpha value is -0.560. The van der Waals surface area contributed by atoms with Crippen molar-refractivity contribution in [2.75, 3.05) is 19.7 Å². The van der Waals surface area contributed by atoms with Gasteiger partial charge in [0.2, 0.25) is 10.0 Å². The minimum Gasteiger partial charge on any atom is -0.465 e. The number of halogens is 1. The van der Waals surface area contributed by atoms with Crippen LogP contribution in [0.25, 0.3) is 0 Å². The second-order valence-electron chi connectivity index (χ2n) is 5.24. The Morgan fingerprint density at radius 2 is 2.10 bits per heavy atom. The third-order valence-electron chi connectivity index (χ3n) is 3.80. The highest BCUT2D eigenvalue weighted by Crippen LogP contribution is 2.32. The summed E-state index contributed by atoms with van der Waals surface area (Å²) in [5.41, 5.74) is 0.563. The molecular weight excluding hydrogens is 314 g/mol. The van der Waals surface area contributed by atoms with Crippen molar-refractivity contribution >= 4 is 21.6 Å². The minimum atomic E-state index is -3.59. The molecule has 1 atom stereocenters. The zero-order valence-corrected chi connectivity index (χ0v) is 14.3. The molecule has 0 bridgehead atoms. The first-order valence-electron chi connectivity index (χ1n) is 7.18. The van der Waals surface area contributed by atoms with Gasteiger partial charge >= 0.3 is 0 Å². The second-order valence-corrected chi connectivity index (χ2v) is 7.38. The molecule has 120 valence electrons. The van der Waals surface area contributed by atoms with Gasteiger partial charge in [-0.3, -0.25) is 0 Å². The van der Waals surface area contributed by atoms with E-state index in [1.165, 1.54) is 4.31 Å². The SMILES string of the molecule is CCOC1CCCN(S(=O)(=O)c2c(C)oc(C)c2CCl)C1. The summed E-state index contributed by atoms with van der Waals surface area (Å²) in [5.74, 6) is 1.10. The largest absolute Gasteiger partial charge is 0.465 e. The van der Waals surface area contributed by atoms with Crippen LogP contribution in [0, 0.1) is 13.8 Å². The maximum Gasteiger partial charge on any atom is 0.246 e. The fourth-order valence-corrected chi connectivity index (χ4v) is 5.15. The van der Waals surface area contributed by atoms with Crippen molar-refractivity contribution in [3.05, 3.63) is 17.1 Å². The first-order valence-corrected chi connectivity index (χ1v) is 9.15. The highest BCUT2D eigenvalue weighted by molar-refractivity contribution is 7.89. The van der Waals surface area contributed by atoms with Crippen LogP contribution < -0.4 is 0 Å². The lowest BCUT2D eigenvalue weighted by molar-refractivity contribution is 0.0265. The van der Waals surface area contributed by atoms with Crippen LogP contribution in [0.2, 0.25) is 0 Å². The van der Waals surface area contributed by atoms with E-state index in [0.29, 0.717) is 36.8 Å². The number of sulfonamides is 1. The standard InChI is InChI=1S/C14H22ClNO4S/c1-4-19-12-6-5-7-16(9-12)21(17,18)14-11(3)20-10(2)13(14)8-15/h12H,4-9H2,1-3H3. The summed E-state index contributed by atoms with van der Waals surface area (Å²) in [6.07, 6.45) is 1.66. The van der Waals surface area contributed by atoms with Gasteiger partial charge in [0, 0.05) is 25.3 Å². The van der Waals surface area contributed by atoms with E-state index in [9.17, 15) is 8.42 Å². The third kappa shape index (κ3) is 3.28. The van der Waals surface area contributed by atoms with Crippen molar-refractivity contribution < 1.29 is 17.6 Å². The highest BCUT2D eigenvalue weighted by Gasteiger charge is 2.35. The number of aryl methyl sites for hydroxylation is 2. The quantitative estimate of drug-likeness (QED) is 0.776. The summed E-state index contributed by atoms with van der Waals surface area (Å²) in [5, 5.41) is 0. The Bertz CT molecular complexity index is 594. The van der Waals surface area contributed by atoms with E-state index in [1.807, 2.05) is 6.92 Å². The maximum absolute atomic E-state index is 12.9. The molecular formula is C14H22ClNO4S. The Labute approximate surface area is 131 Å². The summed E-state index contributed by atoms with van der Waals surface area (Å²) in [4.78, 5) is 0.229. The number of rotatable bonds is 5. The molecule has 0 aromatic carbocycles. The Morgan fingerprint density at radius 3 is 2.71 bits per heavy atom. The number of ether oxygens (including phenoxy) is 1. The molecule has 0 radical (unpaired) electrons. The van der Waals surface area contributed by atoms with Gasteiger partial charge in [-0.05, 0) is 33.6 Å². The van der Waals surface area contributed by atoms with Crippen molar-refractivity contribution in [2.24, 2.45) is 0 Å².